The molecule has 1 N–H and O–H groups in total. The summed E-state index contributed by atoms with van der Waals surface area (Å²) < 4.78 is 38.4. The average Bonchev–Trinajstić information content (AvgIpc) is 2.73. The van der Waals surface area contributed by atoms with Crippen molar-refractivity contribution in [2.45, 2.75) is 88.9 Å². The monoisotopic (exact) mass is 470 g/mol. The number of ether oxygens (including phenoxy) is 1. The zero-order chi connectivity index (χ0) is 22.5. The van der Waals surface area contributed by atoms with Gasteiger partial charge in [-0.1, -0.05) is 95.4 Å². The van der Waals surface area contributed by atoms with Crippen LogP contribution in [0.2, 0.25) is 0 Å². The minimum atomic E-state index is -4.40. The fraction of sp³-hybridized carbons (Fsp3) is 0.520. The van der Waals surface area contributed by atoms with Crippen LogP contribution in [0.25, 0.3) is 0 Å². The Kier molecular flexibility index (Phi) is 14.2. The van der Waals surface area contributed by atoms with Gasteiger partial charge in [-0.05, 0) is 36.6 Å². The van der Waals surface area contributed by atoms with E-state index in [0.717, 1.165) is 18.4 Å². The van der Waals surface area contributed by atoms with E-state index in [1.165, 1.54) is 82.1 Å². The number of para-hydroxylation sites is 1. The van der Waals surface area contributed by atoms with Gasteiger partial charge in [-0.15, -0.1) is 5.75 Å². The standard InChI is InChI=1S/C25H36O5S.Na/c1-2-3-4-5-6-7-8-9-10-11-12-15-21-20-22(26)18-19-23(21)30-24-16-13-14-17-25(24)31(27,28)29;/h13-14,16-20,26H,2-12,15H2,1H3,(H,27,28,29);/q;+1/p-1. The third kappa shape index (κ3) is 10.7. The van der Waals surface area contributed by atoms with Crippen LogP contribution < -0.4 is 39.4 Å². The van der Waals surface area contributed by atoms with Crippen molar-refractivity contribution in [3.63, 3.8) is 0 Å². The Bertz CT molecular complexity index is 899. The smallest absolute Gasteiger partial charge is 0.872 e. The average molecular weight is 471 g/mol. The molecular formula is C25H35NaO5S. The zero-order valence-corrected chi connectivity index (χ0v) is 22.3. The summed E-state index contributed by atoms with van der Waals surface area (Å²) in [4.78, 5) is -0.290. The summed E-state index contributed by atoms with van der Waals surface area (Å²) in [6.45, 7) is 2.24. The maximum absolute atomic E-state index is 11.8. The molecule has 0 atom stereocenters. The van der Waals surface area contributed by atoms with Gasteiger partial charge >= 0.3 is 29.6 Å². The maximum atomic E-state index is 11.8. The van der Waals surface area contributed by atoms with Gasteiger partial charge in [0.2, 0.25) is 0 Å². The Labute approximate surface area is 215 Å². The molecule has 0 aliphatic heterocycles. The molecule has 2 rings (SSSR count). The fourth-order valence-corrected chi connectivity index (χ4v) is 4.31. The molecule has 0 saturated carbocycles. The van der Waals surface area contributed by atoms with E-state index < -0.39 is 10.1 Å². The van der Waals surface area contributed by atoms with Crippen molar-refractivity contribution in [2.24, 2.45) is 0 Å². The molecule has 0 aromatic heterocycles. The van der Waals surface area contributed by atoms with E-state index in [1.54, 1.807) is 18.2 Å². The van der Waals surface area contributed by atoms with E-state index in [4.69, 9.17) is 4.74 Å². The SMILES string of the molecule is CCCCCCCCCCCCCc1cc([O-])ccc1Oc1ccccc1S(=O)(=O)O.[Na+]. The minimum absolute atomic E-state index is 0. The number of hydrogen-bond donors (Lipinski definition) is 1. The van der Waals surface area contributed by atoms with Crippen molar-refractivity contribution in [3.05, 3.63) is 48.0 Å². The number of aryl methyl sites for hydroxylation is 1. The molecule has 32 heavy (non-hydrogen) atoms. The summed E-state index contributed by atoms with van der Waals surface area (Å²) >= 11 is 0. The van der Waals surface area contributed by atoms with Gasteiger partial charge in [0.05, 0.1) is 0 Å². The van der Waals surface area contributed by atoms with Gasteiger partial charge in [0, 0.05) is 0 Å². The van der Waals surface area contributed by atoms with Gasteiger partial charge in [0.15, 0.2) is 0 Å². The summed E-state index contributed by atoms with van der Waals surface area (Å²) in [6.07, 6.45) is 14.4. The quantitative estimate of drug-likeness (QED) is 0.244. The van der Waals surface area contributed by atoms with E-state index >= 15 is 0 Å². The molecule has 7 heteroatoms. The van der Waals surface area contributed by atoms with E-state index in [-0.39, 0.29) is 46.0 Å². The van der Waals surface area contributed by atoms with E-state index in [2.05, 4.69) is 6.92 Å². The van der Waals surface area contributed by atoms with Gasteiger partial charge in [0.25, 0.3) is 10.1 Å². The van der Waals surface area contributed by atoms with E-state index in [0.29, 0.717) is 12.2 Å². The van der Waals surface area contributed by atoms with Crippen molar-refractivity contribution in [2.75, 3.05) is 0 Å². The molecule has 0 amide bonds. The van der Waals surface area contributed by atoms with E-state index in [9.17, 15) is 18.1 Å². The van der Waals surface area contributed by atoms with Crippen LogP contribution in [-0.4, -0.2) is 13.0 Å². The predicted molar refractivity (Wildman–Crippen MR) is 122 cm³/mol. The number of benzene rings is 2. The molecule has 172 valence electrons. The van der Waals surface area contributed by atoms with Gasteiger partial charge in [0.1, 0.15) is 16.4 Å². The van der Waals surface area contributed by atoms with Crippen molar-refractivity contribution in [1.82, 2.24) is 0 Å². The van der Waals surface area contributed by atoms with Crippen LogP contribution in [-0.2, 0) is 16.5 Å². The number of unbranched alkanes of at least 4 members (excludes halogenated alkanes) is 10. The van der Waals surface area contributed by atoms with Gasteiger partial charge in [-0.25, -0.2) is 0 Å². The second-order valence-electron chi connectivity index (χ2n) is 8.08. The summed E-state index contributed by atoms with van der Waals surface area (Å²) in [5.74, 6) is 0.389. The first-order valence-electron chi connectivity index (χ1n) is 11.5. The van der Waals surface area contributed by atoms with Gasteiger partial charge < -0.3 is 9.84 Å². The molecule has 2 aromatic carbocycles. The Morgan fingerprint density at radius 2 is 1.38 bits per heavy atom. The van der Waals surface area contributed by atoms with Crippen molar-refractivity contribution in [3.8, 4) is 17.2 Å². The minimum Gasteiger partial charge on any atom is -0.872 e. The van der Waals surface area contributed by atoms with E-state index in [1.807, 2.05) is 0 Å². The molecule has 0 fully saturated rings. The zero-order valence-electron chi connectivity index (χ0n) is 19.5. The maximum Gasteiger partial charge on any atom is 1.00 e. The van der Waals surface area contributed by atoms with Gasteiger partial charge in [-0.2, -0.15) is 8.42 Å². The Balaban J connectivity index is 0.00000512. The summed E-state index contributed by atoms with van der Waals surface area (Å²) in [5.41, 5.74) is 0.758. The first-order valence-corrected chi connectivity index (χ1v) is 12.9. The van der Waals surface area contributed by atoms with Crippen LogP contribution in [0.1, 0.15) is 83.1 Å². The number of hydrogen-bond acceptors (Lipinski definition) is 4. The molecule has 2 aromatic rings. The van der Waals surface area contributed by atoms with Crippen LogP contribution >= 0.6 is 0 Å². The van der Waals surface area contributed by atoms with Crippen LogP contribution in [0.3, 0.4) is 0 Å². The molecule has 0 unspecified atom stereocenters. The molecule has 0 aliphatic carbocycles. The van der Waals surface area contributed by atoms with Gasteiger partial charge in [-0.3, -0.25) is 4.55 Å². The van der Waals surface area contributed by atoms with Crippen LogP contribution in [0.5, 0.6) is 17.2 Å². The topological polar surface area (TPSA) is 86.7 Å². The molecule has 0 aliphatic rings. The Morgan fingerprint density at radius 3 is 1.97 bits per heavy atom. The third-order valence-electron chi connectivity index (χ3n) is 5.43. The fourth-order valence-electron chi connectivity index (χ4n) is 3.70. The molecule has 0 radical (unpaired) electrons. The van der Waals surface area contributed by atoms with Crippen molar-refractivity contribution in [1.29, 1.82) is 0 Å². The molecule has 0 spiro atoms. The second kappa shape index (κ2) is 15.7. The largest absolute Gasteiger partial charge is 1.00 e. The number of rotatable bonds is 15. The molecule has 0 saturated heterocycles. The third-order valence-corrected chi connectivity index (χ3v) is 6.32. The van der Waals surface area contributed by atoms with Crippen LogP contribution in [0, 0.1) is 0 Å². The predicted octanol–water partition coefficient (Wildman–Crippen LogP) is 3.66. The first kappa shape index (κ1) is 29.0. The molecular weight excluding hydrogens is 435 g/mol. The van der Waals surface area contributed by atoms with Crippen molar-refractivity contribution >= 4 is 10.1 Å². The van der Waals surface area contributed by atoms with Crippen LogP contribution in [0.15, 0.2) is 47.4 Å². The summed E-state index contributed by atoms with van der Waals surface area (Å²) in [6, 6.07) is 10.4. The molecule has 5 nitrogen and oxygen atoms in total. The summed E-state index contributed by atoms with van der Waals surface area (Å²) in [7, 11) is -4.40. The van der Waals surface area contributed by atoms with Crippen molar-refractivity contribution < 1.29 is 52.4 Å². The van der Waals surface area contributed by atoms with Crippen LogP contribution in [0.4, 0.5) is 0 Å². The first-order chi connectivity index (χ1) is 14.9. The normalized spacial score (nSPS) is 11.2. The summed E-state index contributed by atoms with van der Waals surface area (Å²) in [5, 5.41) is 11.8. The molecule has 0 heterocycles. The second-order valence-corrected chi connectivity index (χ2v) is 9.47. The molecule has 0 bridgehead atoms. The Morgan fingerprint density at radius 1 is 0.812 bits per heavy atom. The Hall–Kier alpha value is -1.05.